The van der Waals surface area contributed by atoms with Crippen molar-refractivity contribution in [2.45, 2.75) is 32.4 Å². The summed E-state index contributed by atoms with van der Waals surface area (Å²) >= 11 is 12.5. The number of fused-ring (bicyclic) bond motifs is 1. The molecular formula is C22H21Cl2N7O2. The number of nitrogens with zero attached hydrogens (tertiary/aromatic N) is 6. The summed E-state index contributed by atoms with van der Waals surface area (Å²) in [6, 6.07) is 3.63. The predicted octanol–water partition coefficient (Wildman–Crippen LogP) is 4.29. The van der Waals surface area contributed by atoms with Crippen LogP contribution in [0.25, 0.3) is 22.3 Å². The monoisotopic (exact) mass is 485 g/mol. The van der Waals surface area contributed by atoms with Crippen LogP contribution in [-0.4, -0.2) is 53.8 Å². The van der Waals surface area contributed by atoms with E-state index in [1.165, 1.54) is 12.4 Å². The lowest BCUT2D eigenvalue weighted by atomic mass is 10.2. The molecule has 11 heteroatoms. The van der Waals surface area contributed by atoms with E-state index in [0.29, 0.717) is 52.2 Å². The zero-order valence-corrected chi connectivity index (χ0v) is 19.3. The van der Waals surface area contributed by atoms with E-state index < -0.39 is 6.10 Å². The van der Waals surface area contributed by atoms with Gasteiger partial charge in [-0.15, -0.1) is 0 Å². The SMILES string of the molecule is C[C@@H](Oc1ccc2[nH]nc(-c3cnn(CCN4CCCC4=O)c3)c2n1)c1c(Cl)cncc1Cl. The molecular weight excluding hydrogens is 465 g/mol. The molecule has 9 nitrogen and oxygen atoms in total. The van der Waals surface area contributed by atoms with Crippen molar-refractivity contribution in [3.05, 3.63) is 52.5 Å². The Morgan fingerprint density at radius 2 is 2.00 bits per heavy atom. The number of hydrogen-bond acceptors (Lipinski definition) is 6. The molecule has 1 atom stereocenters. The topological polar surface area (TPSA) is 102 Å². The summed E-state index contributed by atoms with van der Waals surface area (Å²) in [4.78, 5) is 22.3. The molecule has 1 saturated heterocycles. The molecule has 0 aliphatic carbocycles. The van der Waals surface area contributed by atoms with Gasteiger partial charge in [0.1, 0.15) is 17.3 Å². The standard InChI is InChI=1S/C22H21Cl2N7O2/c1-13(20-15(23)10-25-11-16(20)24)33-18-5-4-17-22(27-18)21(29-28-17)14-9-26-31(12-14)8-7-30-6-2-3-19(30)32/h4-5,9-13H,2-3,6-8H2,1H3,(H,28,29)/t13-/m1/s1. The van der Waals surface area contributed by atoms with Crippen LogP contribution in [0.15, 0.2) is 36.9 Å². The number of aromatic amines is 1. The van der Waals surface area contributed by atoms with Crippen LogP contribution < -0.4 is 4.74 Å². The van der Waals surface area contributed by atoms with Crippen LogP contribution >= 0.6 is 23.2 Å². The number of H-pyrrole nitrogens is 1. The highest BCUT2D eigenvalue weighted by molar-refractivity contribution is 6.35. The molecule has 0 radical (unpaired) electrons. The molecule has 5 rings (SSSR count). The maximum absolute atomic E-state index is 11.8. The van der Waals surface area contributed by atoms with Crippen molar-refractivity contribution in [3.63, 3.8) is 0 Å². The summed E-state index contributed by atoms with van der Waals surface area (Å²) in [5.41, 5.74) is 3.60. The van der Waals surface area contributed by atoms with Gasteiger partial charge in [0.05, 0.1) is 28.3 Å². The molecule has 4 aromatic rings. The molecule has 33 heavy (non-hydrogen) atoms. The molecule has 1 amide bonds. The molecule has 170 valence electrons. The van der Waals surface area contributed by atoms with Gasteiger partial charge < -0.3 is 9.64 Å². The van der Waals surface area contributed by atoms with Crippen LogP contribution in [0, 0.1) is 0 Å². The highest BCUT2D eigenvalue weighted by atomic mass is 35.5. The van der Waals surface area contributed by atoms with Crippen LogP contribution in [0.4, 0.5) is 0 Å². The van der Waals surface area contributed by atoms with Gasteiger partial charge in [-0.3, -0.25) is 19.6 Å². The van der Waals surface area contributed by atoms with E-state index in [9.17, 15) is 4.79 Å². The minimum Gasteiger partial charge on any atom is -0.470 e. The number of rotatable bonds is 7. The van der Waals surface area contributed by atoms with Crippen molar-refractivity contribution < 1.29 is 9.53 Å². The largest absolute Gasteiger partial charge is 0.470 e. The molecule has 5 heterocycles. The Labute approximate surface area is 199 Å². The van der Waals surface area contributed by atoms with Gasteiger partial charge in [-0.25, -0.2) is 4.98 Å². The van der Waals surface area contributed by atoms with E-state index in [-0.39, 0.29) is 5.91 Å². The number of ether oxygens (including phenoxy) is 1. The summed E-state index contributed by atoms with van der Waals surface area (Å²) in [6.07, 6.45) is 7.86. The molecule has 4 aromatic heterocycles. The number of carbonyl (C=O) groups is 1. The maximum Gasteiger partial charge on any atom is 0.222 e. The van der Waals surface area contributed by atoms with Crippen molar-refractivity contribution in [2.24, 2.45) is 0 Å². The van der Waals surface area contributed by atoms with Crippen LogP contribution in [0.2, 0.25) is 10.0 Å². The van der Waals surface area contributed by atoms with Crippen LogP contribution in [0.5, 0.6) is 5.88 Å². The third-order valence-electron chi connectivity index (χ3n) is 5.65. The third-order valence-corrected chi connectivity index (χ3v) is 6.26. The highest BCUT2D eigenvalue weighted by Gasteiger charge is 2.20. The molecule has 1 aliphatic heterocycles. The number of aromatic nitrogens is 6. The van der Waals surface area contributed by atoms with E-state index in [0.717, 1.165) is 24.0 Å². The highest BCUT2D eigenvalue weighted by Crippen LogP contribution is 2.33. The smallest absolute Gasteiger partial charge is 0.222 e. The van der Waals surface area contributed by atoms with Crippen molar-refractivity contribution in [3.8, 4) is 17.1 Å². The first-order chi connectivity index (χ1) is 16.0. The minimum absolute atomic E-state index is 0.209. The van der Waals surface area contributed by atoms with Crippen LogP contribution in [-0.2, 0) is 11.3 Å². The molecule has 0 spiro atoms. The first kappa shape index (κ1) is 21.7. The average Bonchev–Trinajstić information content (AvgIpc) is 3.51. The average molecular weight is 486 g/mol. The van der Waals surface area contributed by atoms with E-state index >= 15 is 0 Å². The second-order valence-electron chi connectivity index (χ2n) is 7.87. The molecule has 1 aliphatic rings. The summed E-state index contributed by atoms with van der Waals surface area (Å²) < 4.78 is 7.85. The van der Waals surface area contributed by atoms with Crippen molar-refractivity contribution in [1.29, 1.82) is 0 Å². The minimum atomic E-state index is -0.427. The summed E-state index contributed by atoms with van der Waals surface area (Å²) in [6.45, 7) is 3.94. The molecule has 1 fully saturated rings. The van der Waals surface area contributed by atoms with E-state index in [2.05, 4.69) is 25.3 Å². The number of likely N-dealkylation sites (tertiary alicyclic amines) is 1. The van der Waals surface area contributed by atoms with Gasteiger partial charge >= 0.3 is 0 Å². The zero-order valence-electron chi connectivity index (χ0n) is 17.8. The summed E-state index contributed by atoms with van der Waals surface area (Å²) in [5, 5.41) is 12.7. The number of amides is 1. The lowest BCUT2D eigenvalue weighted by Crippen LogP contribution is -2.28. The Kier molecular flexibility index (Phi) is 5.90. The lowest BCUT2D eigenvalue weighted by Gasteiger charge is -2.16. The summed E-state index contributed by atoms with van der Waals surface area (Å²) in [7, 11) is 0. The first-order valence-electron chi connectivity index (χ1n) is 10.6. The quantitative estimate of drug-likeness (QED) is 0.418. The Morgan fingerprint density at radius 3 is 2.76 bits per heavy atom. The van der Waals surface area contributed by atoms with Crippen LogP contribution in [0.1, 0.15) is 31.4 Å². The first-order valence-corrected chi connectivity index (χ1v) is 11.4. The van der Waals surface area contributed by atoms with Gasteiger partial charge in [0.15, 0.2) is 0 Å². The van der Waals surface area contributed by atoms with E-state index in [1.807, 2.05) is 28.8 Å². The third kappa shape index (κ3) is 4.38. The van der Waals surface area contributed by atoms with Gasteiger partial charge in [0.25, 0.3) is 0 Å². The van der Waals surface area contributed by atoms with Crippen LogP contribution in [0.3, 0.4) is 0 Å². The maximum atomic E-state index is 11.8. The number of hydrogen-bond donors (Lipinski definition) is 1. The van der Waals surface area contributed by atoms with Crippen molar-refractivity contribution in [2.75, 3.05) is 13.1 Å². The van der Waals surface area contributed by atoms with Gasteiger partial charge in [0.2, 0.25) is 11.8 Å². The Morgan fingerprint density at radius 1 is 1.18 bits per heavy atom. The fraction of sp³-hybridized carbons (Fsp3) is 0.318. The molecule has 0 aromatic carbocycles. The van der Waals surface area contributed by atoms with Gasteiger partial charge in [-0.2, -0.15) is 10.2 Å². The lowest BCUT2D eigenvalue weighted by molar-refractivity contribution is -0.127. The van der Waals surface area contributed by atoms with E-state index in [1.54, 1.807) is 12.3 Å². The Hall–Kier alpha value is -3.17. The predicted molar refractivity (Wildman–Crippen MR) is 124 cm³/mol. The molecule has 0 bridgehead atoms. The Balaban J connectivity index is 1.35. The Bertz CT molecular complexity index is 1300. The normalized spacial score (nSPS) is 14.9. The van der Waals surface area contributed by atoms with Gasteiger partial charge in [0, 0.05) is 55.3 Å². The number of halogens is 2. The second kappa shape index (κ2) is 8.99. The molecule has 0 saturated carbocycles. The molecule has 1 N–H and O–H groups in total. The fourth-order valence-electron chi connectivity index (χ4n) is 3.97. The zero-order chi connectivity index (χ0) is 22.9. The summed E-state index contributed by atoms with van der Waals surface area (Å²) in [5.74, 6) is 0.627. The van der Waals surface area contributed by atoms with Gasteiger partial charge in [-0.05, 0) is 19.4 Å². The second-order valence-corrected chi connectivity index (χ2v) is 8.69. The number of pyridine rings is 2. The van der Waals surface area contributed by atoms with Crippen molar-refractivity contribution >= 4 is 40.1 Å². The number of nitrogens with one attached hydrogen (secondary N) is 1. The van der Waals surface area contributed by atoms with Crippen molar-refractivity contribution in [1.82, 2.24) is 34.8 Å². The van der Waals surface area contributed by atoms with E-state index in [4.69, 9.17) is 27.9 Å². The molecule has 0 unspecified atom stereocenters. The van der Waals surface area contributed by atoms with Gasteiger partial charge in [-0.1, -0.05) is 23.2 Å². The number of carbonyl (C=O) groups excluding carboxylic acids is 1. The fourth-order valence-corrected chi connectivity index (χ4v) is 4.64.